The fraction of sp³-hybridized carbons (Fsp3) is 0.320. The number of para-hydroxylation sites is 1. The number of benzene rings is 2. The molecule has 0 saturated carbocycles. The van der Waals surface area contributed by atoms with Crippen LogP contribution in [-0.4, -0.2) is 29.9 Å². The highest BCUT2D eigenvalue weighted by Crippen LogP contribution is 2.44. The van der Waals surface area contributed by atoms with Gasteiger partial charge in [0.25, 0.3) is 0 Å². The predicted molar refractivity (Wildman–Crippen MR) is 149 cm³/mol. The standard InChI is InChI=1S/C25H27Cl2N3O2S2/c1-5-13-28-17(4)22(24(31)32-15-16(2)3)23-29(19-11-12-20(26)21(27)14-19)25(33)30(34-23)18-9-7-6-8-10-18/h6-12,14,16H,5,13,15H2,1-4H3/b23-22-,28-17?. The lowest BCUT2D eigenvalue weighted by atomic mass is 10.1. The molecule has 0 amide bonds. The molecule has 1 aliphatic heterocycles. The number of thiocarbonyl (C=S) groups is 1. The van der Waals surface area contributed by atoms with Gasteiger partial charge in [-0.3, -0.25) is 14.2 Å². The molecule has 9 heteroatoms. The van der Waals surface area contributed by atoms with Gasteiger partial charge in [-0.25, -0.2) is 4.79 Å². The SMILES string of the molecule is CCCN=C(C)/C(C(=O)OCC(C)C)=C1/SN(c2ccccc2)C(=S)N1c1ccc(Cl)c(Cl)c1. The van der Waals surface area contributed by atoms with Crippen molar-refractivity contribution in [2.24, 2.45) is 10.9 Å². The van der Waals surface area contributed by atoms with Crippen molar-refractivity contribution in [1.82, 2.24) is 0 Å². The highest BCUT2D eigenvalue weighted by Gasteiger charge is 2.38. The second-order valence-electron chi connectivity index (χ2n) is 8.08. The maximum Gasteiger partial charge on any atom is 0.342 e. The first-order valence-corrected chi connectivity index (χ1v) is 12.9. The van der Waals surface area contributed by atoms with Crippen LogP contribution in [0.25, 0.3) is 0 Å². The Labute approximate surface area is 220 Å². The Kier molecular flexibility index (Phi) is 9.42. The second kappa shape index (κ2) is 12.1. The molecular formula is C25H27Cl2N3O2S2. The Morgan fingerprint density at radius 2 is 1.82 bits per heavy atom. The van der Waals surface area contributed by atoms with Gasteiger partial charge >= 0.3 is 5.97 Å². The third-order valence-electron chi connectivity index (χ3n) is 4.80. The fourth-order valence-electron chi connectivity index (χ4n) is 3.14. The van der Waals surface area contributed by atoms with Gasteiger partial charge in [0, 0.05) is 24.2 Å². The quantitative estimate of drug-likeness (QED) is 0.114. The highest BCUT2D eigenvalue weighted by molar-refractivity contribution is 8.07. The zero-order valence-electron chi connectivity index (χ0n) is 19.5. The first kappa shape index (κ1) is 26.5. The molecule has 0 unspecified atom stereocenters. The van der Waals surface area contributed by atoms with Gasteiger partial charge in [-0.1, -0.05) is 62.2 Å². The van der Waals surface area contributed by atoms with Crippen LogP contribution in [0.5, 0.6) is 0 Å². The van der Waals surface area contributed by atoms with Gasteiger partial charge in [0.2, 0.25) is 0 Å². The summed E-state index contributed by atoms with van der Waals surface area (Å²) in [5, 5.41) is 1.93. The van der Waals surface area contributed by atoms with Gasteiger partial charge < -0.3 is 4.74 Å². The number of esters is 1. The average Bonchev–Trinajstić information content (AvgIpc) is 3.15. The zero-order chi connectivity index (χ0) is 24.8. The molecule has 5 nitrogen and oxygen atoms in total. The van der Waals surface area contributed by atoms with E-state index in [0.29, 0.717) is 50.3 Å². The Bertz CT molecular complexity index is 1120. The molecule has 0 aromatic heterocycles. The van der Waals surface area contributed by atoms with Crippen molar-refractivity contribution in [3.8, 4) is 0 Å². The largest absolute Gasteiger partial charge is 0.462 e. The van der Waals surface area contributed by atoms with Crippen molar-refractivity contribution in [1.29, 1.82) is 0 Å². The molecule has 2 aromatic rings. The van der Waals surface area contributed by atoms with Crippen LogP contribution >= 0.6 is 47.4 Å². The summed E-state index contributed by atoms with van der Waals surface area (Å²) in [5.74, 6) is -0.233. The number of aliphatic imine (C=N–C) groups is 1. The Morgan fingerprint density at radius 3 is 2.44 bits per heavy atom. The van der Waals surface area contributed by atoms with E-state index in [4.69, 9.17) is 40.2 Å². The molecule has 3 rings (SSSR count). The number of carbonyl (C=O) groups is 1. The molecule has 0 bridgehead atoms. The number of ether oxygens (including phenoxy) is 1. The van der Waals surface area contributed by atoms with Gasteiger partial charge in [0.15, 0.2) is 5.11 Å². The number of anilines is 2. The third kappa shape index (κ3) is 6.13. The summed E-state index contributed by atoms with van der Waals surface area (Å²) in [7, 11) is 0. The number of hydrogen-bond donors (Lipinski definition) is 0. The summed E-state index contributed by atoms with van der Waals surface area (Å²) in [6, 6.07) is 15.0. The molecule has 2 aromatic carbocycles. The van der Waals surface area contributed by atoms with Crippen LogP contribution < -0.4 is 9.21 Å². The van der Waals surface area contributed by atoms with Crippen LogP contribution in [0.4, 0.5) is 11.4 Å². The van der Waals surface area contributed by atoms with Gasteiger partial charge in [-0.2, -0.15) is 0 Å². The molecule has 34 heavy (non-hydrogen) atoms. The van der Waals surface area contributed by atoms with Crippen LogP contribution in [0, 0.1) is 5.92 Å². The van der Waals surface area contributed by atoms with E-state index in [1.165, 1.54) is 11.9 Å². The summed E-state index contributed by atoms with van der Waals surface area (Å²) >= 11 is 19.8. The van der Waals surface area contributed by atoms with Crippen molar-refractivity contribution >= 4 is 75.5 Å². The lowest BCUT2D eigenvalue weighted by molar-refractivity contribution is -0.139. The number of halogens is 2. The number of nitrogens with zero attached hydrogens (tertiary/aromatic N) is 3. The molecule has 0 atom stereocenters. The summed E-state index contributed by atoms with van der Waals surface area (Å²) < 4.78 is 7.55. The zero-order valence-corrected chi connectivity index (χ0v) is 22.7. The average molecular weight is 537 g/mol. The van der Waals surface area contributed by atoms with Crippen LogP contribution in [-0.2, 0) is 9.53 Å². The first-order chi connectivity index (χ1) is 16.2. The fourth-order valence-corrected chi connectivity index (χ4v) is 5.06. The minimum Gasteiger partial charge on any atom is -0.462 e. The van der Waals surface area contributed by atoms with Gasteiger partial charge in [0.1, 0.15) is 10.6 Å². The maximum absolute atomic E-state index is 13.4. The molecule has 0 aliphatic carbocycles. The highest BCUT2D eigenvalue weighted by atomic mass is 35.5. The van der Waals surface area contributed by atoms with E-state index in [-0.39, 0.29) is 5.92 Å². The molecule has 1 saturated heterocycles. The first-order valence-electron chi connectivity index (χ1n) is 11.0. The summed E-state index contributed by atoms with van der Waals surface area (Å²) in [6.45, 7) is 8.77. The molecule has 1 heterocycles. The molecule has 1 aliphatic rings. The van der Waals surface area contributed by atoms with Crippen LogP contribution in [0.3, 0.4) is 0 Å². The van der Waals surface area contributed by atoms with Crippen molar-refractivity contribution < 1.29 is 9.53 Å². The molecule has 0 radical (unpaired) electrons. The van der Waals surface area contributed by atoms with E-state index < -0.39 is 5.97 Å². The Balaban J connectivity index is 2.21. The lowest BCUT2D eigenvalue weighted by Crippen LogP contribution is -2.31. The van der Waals surface area contributed by atoms with E-state index in [0.717, 1.165) is 12.1 Å². The van der Waals surface area contributed by atoms with Crippen LogP contribution in [0.15, 0.2) is 64.1 Å². The van der Waals surface area contributed by atoms with E-state index in [9.17, 15) is 4.79 Å². The van der Waals surface area contributed by atoms with Crippen molar-refractivity contribution in [3.63, 3.8) is 0 Å². The number of carbonyl (C=O) groups excluding carboxylic acids is 1. The summed E-state index contributed by atoms with van der Waals surface area (Å²) in [5.41, 5.74) is 2.56. The van der Waals surface area contributed by atoms with E-state index >= 15 is 0 Å². The van der Waals surface area contributed by atoms with E-state index in [1.54, 1.807) is 12.1 Å². The number of rotatable bonds is 8. The molecule has 0 N–H and O–H groups in total. The summed E-state index contributed by atoms with van der Waals surface area (Å²) in [6.07, 6.45) is 0.860. The Hall–Kier alpha value is -2.06. The Morgan fingerprint density at radius 1 is 1.12 bits per heavy atom. The van der Waals surface area contributed by atoms with Crippen molar-refractivity contribution in [2.75, 3.05) is 22.4 Å². The molecular weight excluding hydrogens is 509 g/mol. The maximum atomic E-state index is 13.4. The topological polar surface area (TPSA) is 45.1 Å². The predicted octanol–water partition coefficient (Wildman–Crippen LogP) is 7.53. The molecule has 0 spiro atoms. The van der Waals surface area contributed by atoms with Crippen molar-refractivity contribution in [3.05, 3.63) is 69.2 Å². The minimum absolute atomic E-state index is 0.201. The smallest absolute Gasteiger partial charge is 0.342 e. The van der Waals surface area contributed by atoms with Gasteiger partial charge in [0.05, 0.1) is 28.0 Å². The van der Waals surface area contributed by atoms with Crippen LogP contribution in [0.1, 0.15) is 34.1 Å². The molecule has 180 valence electrons. The normalized spacial score (nSPS) is 15.9. The van der Waals surface area contributed by atoms with Gasteiger partial charge in [-0.15, -0.1) is 0 Å². The minimum atomic E-state index is -0.434. The second-order valence-corrected chi connectivity index (χ2v) is 10.2. The van der Waals surface area contributed by atoms with E-state index in [1.807, 2.05) is 73.3 Å². The van der Waals surface area contributed by atoms with E-state index in [2.05, 4.69) is 4.99 Å². The van der Waals surface area contributed by atoms with Crippen molar-refractivity contribution in [2.45, 2.75) is 34.1 Å². The monoisotopic (exact) mass is 535 g/mol. The summed E-state index contributed by atoms with van der Waals surface area (Å²) in [4.78, 5) is 19.8. The van der Waals surface area contributed by atoms with Crippen LogP contribution in [0.2, 0.25) is 10.0 Å². The molecule has 1 fully saturated rings. The lowest BCUT2D eigenvalue weighted by Gasteiger charge is -2.22. The van der Waals surface area contributed by atoms with Gasteiger partial charge in [-0.05, 0) is 61.8 Å². The number of hydrogen-bond acceptors (Lipinski definition) is 5. The third-order valence-corrected chi connectivity index (χ3v) is 7.14.